The molecule has 1 atom stereocenters. The van der Waals surface area contributed by atoms with Gasteiger partial charge in [0.25, 0.3) is 5.91 Å². The quantitative estimate of drug-likeness (QED) is 0.755. The van der Waals surface area contributed by atoms with Gasteiger partial charge in [0.1, 0.15) is 6.04 Å². The van der Waals surface area contributed by atoms with Crippen LogP contribution in [0.5, 0.6) is 0 Å². The van der Waals surface area contributed by atoms with E-state index in [9.17, 15) is 14.4 Å². The van der Waals surface area contributed by atoms with E-state index in [0.29, 0.717) is 23.0 Å². The van der Waals surface area contributed by atoms with Crippen molar-refractivity contribution in [1.29, 1.82) is 0 Å². The van der Waals surface area contributed by atoms with E-state index in [1.807, 2.05) is 0 Å². The Balaban J connectivity index is 2.33. The minimum absolute atomic E-state index is 0.269. The Bertz CT molecular complexity index is 729. The number of nitrogens with one attached hydrogen (secondary N) is 2. The molecule has 0 spiro atoms. The summed E-state index contributed by atoms with van der Waals surface area (Å²) in [7, 11) is 1.59. The lowest BCUT2D eigenvalue weighted by Gasteiger charge is -2.12. The molecule has 0 aliphatic rings. The van der Waals surface area contributed by atoms with Gasteiger partial charge >= 0.3 is 11.7 Å². The number of H-pyrrole nitrogens is 1. The third kappa shape index (κ3) is 2.42. The van der Waals surface area contributed by atoms with Crippen molar-refractivity contribution < 1.29 is 14.7 Å². The first-order valence-corrected chi connectivity index (χ1v) is 6.16. The number of rotatable bonds is 4. The van der Waals surface area contributed by atoms with Crippen LogP contribution in [0.3, 0.4) is 0 Å². The molecular formula is C13H15N3O4. The summed E-state index contributed by atoms with van der Waals surface area (Å²) in [5.74, 6) is -1.55. The number of hydrogen-bond acceptors (Lipinski definition) is 3. The van der Waals surface area contributed by atoms with Gasteiger partial charge < -0.3 is 15.4 Å². The molecule has 0 saturated carbocycles. The van der Waals surface area contributed by atoms with Crippen molar-refractivity contribution in [2.24, 2.45) is 7.05 Å². The second-order valence-corrected chi connectivity index (χ2v) is 4.49. The predicted molar refractivity (Wildman–Crippen MR) is 72.7 cm³/mol. The number of amides is 1. The highest BCUT2D eigenvalue weighted by Crippen LogP contribution is 2.12. The molecule has 2 rings (SSSR count). The van der Waals surface area contributed by atoms with Gasteiger partial charge in [-0.2, -0.15) is 0 Å². The van der Waals surface area contributed by atoms with Gasteiger partial charge in [-0.05, 0) is 24.6 Å². The van der Waals surface area contributed by atoms with Crippen molar-refractivity contribution >= 4 is 22.9 Å². The van der Waals surface area contributed by atoms with Gasteiger partial charge in [-0.25, -0.2) is 9.59 Å². The molecule has 0 aliphatic heterocycles. The summed E-state index contributed by atoms with van der Waals surface area (Å²) >= 11 is 0. The molecule has 106 valence electrons. The lowest BCUT2D eigenvalue weighted by atomic mass is 10.1. The van der Waals surface area contributed by atoms with E-state index < -0.39 is 17.9 Å². The fourth-order valence-corrected chi connectivity index (χ4v) is 1.94. The van der Waals surface area contributed by atoms with Crippen molar-refractivity contribution in [3.63, 3.8) is 0 Å². The number of carbonyl (C=O) groups is 2. The molecule has 1 amide bonds. The molecule has 3 N–H and O–H groups in total. The number of aromatic nitrogens is 2. The maximum atomic E-state index is 12.0. The normalized spacial score (nSPS) is 12.3. The number of carboxylic acid groups (broad SMARTS) is 1. The van der Waals surface area contributed by atoms with Gasteiger partial charge in [0.15, 0.2) is 0 Å². The molecule has 7 heteroatoms. The summed E-state index contributed by atoms with van der Waals surface area (Å²) in [5.41, 5.74) is 1.26. The van der Waals surface area contributed by atoms with Crippen LogP contribution in [0.4, 0.5) is 0 Å². The van der Waals surface area contributed by atoms with Crippen molar-refractivity contribution in [1.82, 2.24) is 14.9 Å². The summed E-state index contributed by atoms with van der Waals surface area (Å²) in [6, 6.07) is 3.79. The molecule has 0 bridgehead atoms. The standard InChI is InChI=1S/C13H15N3O4/c1-3-8(12(18)19)14-11(17)7-4-5-9-10(6-7)16(2)13(20)15-9/h4-6,8H,3H2,1-2H3,(H,14,17)(H,15,20)(H,18,19)/t8-/m0/s1. The van der Waals surface area contributed by atoms with Gasteiger partial charge in [0.2, 0.25) is 0 Å². The maximum absolute atomic E-state index is 12.0. The summed E-state index contributed by atoms with van der Waals surface area (Å²) in [4.78, 5) is 37.0. The lowest BCUT2D eigenvalue weighted by Crippen LogP contribution is -2.40. The molecule has 0 unspecified atom stereocenters. The van der Waals surface area contributed by atoms with Crippen molar-refractivity contribution in [3.8, 4) is 0 Å². The zero-order chi connectivity index (χ0) is 14.9. The van der Waals surface area contributed by atoms with Crippen LogP contribution < -0.4 is 11.0 Å². The molecule has 1 aromatic heterocycles. The van der Waals surface area contributed by atoms with Crippen LogP contribution in [0.1, 0.15) is 23.7 Å². The van der Waals surface area contributed by atoms with Gasteiger partial charge in [-0.15, -0.1) is 0 Å². The minimum Gasteiger partial charge on any atom is -0.480 e. The van der Waals surface area contributed by atoms with Gasteiger partial charge in [-0.3, -0.25) is 9.36 Å². The first kappa shape index (κ1) is 13.9. The Morgan fingerprint density at radius 1 is 1.45 bits per heavy atom. The highest BCUT2D eigenvalue weighted by atomic mass is 16.4. The van der Waals surface area contributed by atoms with Crippen LogP contribution in [0.2, 0.25) is 0 Å². The second kappa shape index (κ2) is 5.20. The Morgan fingerprint density at radius 3 is 2.75 bits per heavy atom. The van der Waals surface area contributed by atoms with Crippen LogP contribution in [-0.4, -0.2) is 32.6 Å². The number of carbonyl (C=O) groups excluding carboxylic acids is 1. The highest BCUT2D eigenvalue weighted by molar-refractivity contribution is 5.99. The van der Waals surface area contributed by atoms with Gasteiger partial charge in [-0.1, -0.05) is 6.92 Å². The average Bonchev–Trinajstić information content (AvgIpc) is 2.70. The van der Waals surface area contributed by atoms with E-state index in [2.05, 4.69) is 10.3 Å². The van der Waals surface area contributed by atoms with Crippen molar-refractivity contribution in [3.05, 3.63) is 34.2 Å². The molecule has 7 nitrogen and oxygen atoms in total. The molecule has 1 aromatic carbocycles. The number of hydrogen-bond donors (Lipinski definition) is 3. The third-order valence-electron chi connectivity index (χ3n) is 3.18. The summed E-state index contributed by atoms with van der Waals surface area (Å²) in [5, 5.41) is 11.4. The highest BCUT2D eigenvalue weighted by Gasteiger charge is 2.19. The van der Waals surface area contributed by atoms with Crippen molar-refractivity contribution in [2.45, 2.75) is 19.4 Å². The van der Waals surface area contributed by atoms with E-state index in [4.69, 9.17) is 5.11 Å². The number of imidazole rings is 1. The fraction of sp³-hybridized carbons (Fsp3) is 0.308. The van der Waals surface area contributed by atoms with Crippen molar-refractivity contribution in [2.75, 3.05) is 0 Å². The molecule has 0 saturated heterocycles. The summed E-state index contributed by atoms with van der Waals surface area (Å²) in [6.07, 6.45) is 0.298. The number of aromatic amines is 1. The number of fused-ring (bicyclic) bond motifs is 1. The smallest absolute Gasteiger partial charge is 0.326 e. The third-order valence-corrected chi connectivity index (χ3v) is 3.18. The molecule has 20 heavy (non-hydrogen) atoms. The van der Waals surface area contributed by atoms with Gasteiger partial charge in [0, 0.05) is 12.6 Å². The zero-order valence-electron chi connectivity index (χ0n) is 11.1. The molecule has 0 aliphatic carbocycles. The number of aliphatic carboxylic acids is 1. The first-order chi connectivity index (χ1) is 9.43. The molecule has 1 heterocycles. The van der Waals surface area contributed by atoms with Crippen LogP contribution in [0.25, 0.3) is 11.0 Å². The fourth-order valence-electron chi connectivity index (χ4n) is 1.94. The molecular weight excluding hydrogens is 262 g/mol. The lowest BCUT2D eigenvalue weighted by molar-refractivity contribution is -0.139. The topological polar surface area (TPSA) is 104 Å². The summed E-state index contributed by atoms with van der Waals surface area (Å²) < 4.78 is 1.39. The summed E-state index contributed by atoms with van der Waals surface area (Å²) in [6.45, 7) is 1.68. The van der Waals surface area contributed by atoms with E-state index in [1.54, 1.807) is 32.2 Å². The van der Waals surface area contributed by atoms with Gasteiger partial charge in [0.05, 0.1) is 11.0 Å². The number of carboxylic acids is 1. The number of aryl methyl sites for hydroxylation is 1. The Labute approximate surface area is 114 Å². The maximum Gasteiger partial charge on any atom is 0.326 e. The van der Waals surface area contributed by atoms with Crippen LogP contribution >= 0.6 is 0 Å². The SMILES string of the molecule is CC[C@H](NC(=O)c1ccc2[nH]c(=O)n(C)c2c1)C(=O)O. The Kier molecular flexibility index (Phi) is 3.60. The minimum atomic E-state index is -1.07. The Hall–Kier alpha value is -2.57. The molecule has 2 aromatic rings. The van der Waals surface area contributed by atoms with Crippen LogP contribution in [-0.2, 0) is 11.8 Å². The Morgan fingerprint density at radius 2 is 2.15 bits per heavy atom. The largest absolute Gasteiger partial charge is 0.480 e. The first-order valence-electron chi connectivity index (χ1n) is 6.16. The predicted octanol–water partition coefficient (Wildman–Crippen LogP) is 0.460. The zero-order valence-corrected chi connectivity index (χ0v) is 11.1. The monoisotopic (exact) mass is 277 g/mol. The molecule has 0 fully saturated rings. The average molecular weight is 277 g/mol. The van der Waals surface area contributed by atoms with E-state index >= 15 is 0 Å². The number of nitrogens with zero attached hydrogens (tertiary/aromatic N) is 1. The molecule has 0 radical (unpaired) electrons. The van der Waals surface area contributed by atoms with E-state index in [0.717, 1.165) is 0 Å². The van der Waals surface area contributed by atoms with E-state index in [1.165, 1.54) is 4.57 Å². The van der Waals surface area contributed by atoms with E-state index in [-0.39, 0.29) is 5.69 Å². The van der Waals surface area contributed by atoms with Crippen LogP contribution in [0.15, 0.2) is 23.0 Å². The van der Waals surface area contributed by atoms with Crippen LogP contribution in [0, 0.1) is 0 Å². The number of benzene rings is 1. The second-order valence-electron chi connectivity index (χ2n) is 4.49.